The smallest absolute Gasteiger partial charge is 0.319 e. The highest BCUT2D eigenvalue weighted by atomic mass is 32.1. The second kappa shape index (κ2) is 8.99. The third kappa shape index (κ3) is 4.02. The topological polar surface area (TPSA) is 100 Å². The molecule has 1 aliphatic carbocycles. The quantitative estimate of drug-likeness (QED) is 0.498. The summed E-state index contributed by atoms with van der Waals surface area (Å²) < 4.78 is 3.07. The van der Waals surface area contributed by atoms with Crippen molar-refractivity contribution in [3.63, 3.8) is 0 Å². The molecule has 1 aliphatic rings. The number of imidazole rings is 1. The number of amides is 1. The molecule has 8 nitrogen and oxygen atoms in total. The molecule has 0 spiro atoms. The molecule has 1 aromatic carbocycles. The van der Waals surface area contributed by atoms with Gasteiger partial charge in [0.1, 0.15) is 5.41 Å². The van der Waals surface area contributed by atoms with E-state index in [1.165, 1.54) is 11.3 Å². The molecule has 9 heteroatoms. The second-order valence-corrected chi connectivity index (χ2v) is 9.72. The molecule has 2 aromatic heterocycles. The predicted octanol–water partition coefficient (Wildman–Crippen LogP) is 4.01. The Labute approximate surface area is 191 Å². The van der Waals surface area contributed by atoms with Crippen LogP contribution in [0.25, 0.3) is 10.2 Å². The molecule has 0 aliphatic heterocycles. The van der Waals surface area contributed by atoms with E-state index in [9.17, 15) is 14.7 Å². The summed E-state index contributed by atoms with van der Waals surface area (Å²) >= 11 is 1.38. The van der Waals surface area contributed by atoms with E-state index >= 15 is 0 Å². The van der Waals surface area contributed by atoms with Crippen LogP contribution < -0.4 is 5.32 Å². The maximum Gasteiger partial charge on any atom is 0.319 e. The fraction of sp³-hybridized carbons (Fsp3) is 0.478. The predicted molar refractivity (Wildman–Crippen MR) is 125 cm³/mol. The maximum atomic E-state index is 12.8. The monoisotopic (exact) mass is 455 g/mol. The van der Waals surface area contributed by atoms with Gasteiger partial charge in [0.25, 0.3) is 0 Å². The Balaban J connectivity index is 1.65. The molecule has 2 unspecified atom stereocenters. The molecule has 4 rings (SSSR count). The van der Waals surface area contributed by atoms with Crippen LogP contribution in [0.2, 0.25) is 0 Å². The number of carbonyl (C=O) groups is 2. The summed E-state index contributed by atoms with van der Waals surface area (Å²) in [6.07, 6.45) is 8.83. The number of rotatable bonds is 8. The lowest BCUT2D eigenvalue weighted by Crippen LogP contribution is -2.40. The van der Waals surface area contributed by atoms with E-state index in [4.69, 9.17) is 0 Å². The lowest BCUT2D eigenvalue weighted by Gasteiger charge is -2.33. The van der Waals surface area contributed by atoms with Crippen LogP contribution in [-0.2, 0) is 9.59 Å². The van der Waals surface area contributed by atoms with Gasteiger partial charge in [-0.15, -0.1) is 0 Å². The number of nitrogens with one attached hydrogen (secondary N) is 1. The van der Waals surface area contributed by atoms with E-state index in [-0.39, 0.29) is 12.1 Å². The number of hydrogen-bond acceptors (Lipinski definition) is 6. The fourth-order valence-corrected chi connectivity index (χ4v) is 5.72. The van der Waals surface area contributed by atoms with Gasteiger partial charge in [-0.05, 0) is 51.1 Å². The zero-order valence-corrected chi connectivity index (χ0v) is 19.4. The first-order valence-electron chi connectivity index (χ1n) is 10.9. The summed E-state index contributed by atoms with van der Waals surface area (Å²) in [6.45, 7) is 2.18. The minimum Gasteiger partial charge on any atom is -0.480 e. The van der Waals surface area contributed by atoms with Crippen molar-refractivity contribution < 1.29 is 14.7 Å². The van der Waals surface area contributed by atoms with Crippen molar-refractivity contribution in [3.05, 3.63) is 42.5 Å². The van der Waals surface area contributed by atoms with Gasteiger partial charge in [0.2, 0.25) is 5.91 Å². The van der Waals surface area contributed by atoms with Crippen LogP contribution in [0.1, 0.15) is 50.6 Å². The normalized spacial score (nSPS) is 17.5. The van der Waals surface area contributed by atoms with Crippen molar-refractivity contribution in [1.82, 2.24) is 19.4 Å². The molecule has 0 saturated heterocycles. The van der Waals surface area contributed by atoms with Crippen LogP contribution >= 0.6 is 11.3 Å². The molecule has 2 heterocycles. The van der Waals surface area contributed by atoms with Gasteiger partial charge in [-0.25, -0.2) is 9.97 Å². The Bertz CT molecular complexity index is 1100. The maximum absolute atomic E-state index is 12.8. The number of fused-ring (bicyclic) bond motifs is 1. The van der Waals surface area contributed by atoms with Crippen molar-refractivity contribution in [1.29, 1.82) is 0 Å². The van der Waals surface area contributed by atoms with E-state index in [1.807, 2.05) is 18.6 Å². The van der Waals surface area contributed by atoms with Crippen LogP contribution in [0.5, 0.6) is 0 Å². The molecule has 3 aromatic rings. The Kier molecular flexibility index (Phi) is 6.30. The van der Waals surface area contributed by atoms with Gasteiger partial charge >= 0.3 is 5.97 Å². The van der Waals surface area contributed by atoms with Crippen molar-refractivity contribution in [2.45, 2.75) is 51.1 Å². The number of nitrogens with zero attached hydrogens (tertiary/aromatic N) is 4. The highest BCUT2D eigenvalue weighted by molar-refractivity contribution is 7.22. The van der Waals surface area contributed by atoms with Crippen LogP contribution in [0.3, 0.4) is 0 Å². The molecule has 2 atom stereocenters. The highest BCUT2D eigenvalue weighted by Crippen LogP contribution is 2.40. The average Bonchev–Trinajstić information content (AvgIpc) is 3.51. The number of aliphatic carboxylic acids is 1. The zero-order chi connectivity index (χ0) is 22.9. The number of carbonyl (C=O) groups excluding carboxylic acids is 1. The van der Waals surface area contributed by atoms with Crippen molar-refractivity contribution in [2.75, 3.05) is 19.4 Å². The van der Waals surface area contributed by atoms with Crippen molar-refractivity contribution in [3.8, 4) is 0 Å². The van der Waals surface area contributed by atoms with Crippen LogP contribution in [0.4, 0.5) is 5.13 Å². The number of carboxylic acids is 1. The van der Waals surface area contributed by atoms with Gasteiger partial charge in [0.15, 0.2) is 5.13 Å². The van der Waals surface area contributed by atoms with Gasteiger partial charge in [-0.2, -0.15) is 0 Å². The van der Waals surface area contributed by atoms with Gasteiger partial charge in [-0.1, -0.05) is 37.2 Å². The third-order valence-corrected chi connectivity index (χ3v) is 7.50. The minimum atomic E-state index is -1.34. The van der Waals surface area contributed by atoms with Gasteiger partial charge < -0.3 is 19.9 Å². The number of carboxylic acid groups (broad SMARTS) is 1. The molecule has 1 amide bonds. The van der Waals surface area contributed by atoms with Crippen LogP contribution in [-0.4, -0.2) is 56.6 Å². The van der Waals surface area contributed by atoms with E-state index in [2.05, 4.69) is 57.9 Å². The minimum absolute atomic E-state index is 0.0795. The van der Waals surface area contributed by atoms with E-state index < -0.39 is 17.3 Å². The number of anilines is 1. The Hall–Kier alpha value is -2.78. The largest absolute Gasteiger partial charge is 0.480 e. The number of benzene rings is 1. The van der Waals surface area contributed by atoms with E-state index in [0.717, 1.165) is 35.0 Å². The Morgan fingerprint density at radius 1 is 1.31 bits per heavy atom. The first kappa shape index (κ1) is 22.4. The highest BCUT2D eigenvalue weighted by Gasteiger charge is 2.48. The molecule has 1 saturated carbocycles. The summed E-state index contributed by atoms with van der Waals surface area (Å²) in [5.41, 5.74) is 0.581. The SMILES string of the molecule is CCC(C(c1ccc2nc(NC(=O)C3(C(=O)O)CCCC3)sc2c1)n1ccnc1)N(C)C. The second-order valence-electron chi connectivity index (χ2n) is 8.69. The summed E-state index contributed by atoms with van der Waals surface area (Å²) in [5.74, 6) is -1.51. The summed E-state index contributed by atoms with van der Waals surface area (Å²) in [5, 5.41) is 12.9. The van der Waals surface area contributed by atoms with Gasteiger partial charge in [0, 0.05) is 18.4 Å². The first-order chi connectivity index (χ1) is 15.4. The molecule has 170 valence electrons. The van der Waals surface area contributed by atoms with Crippen molar-refractivity contribution >= 4 is 38.6 Å². The standard InChI is InChI=1S/C23H29N5O3S/c1-4-17(27(2)3)19(28-12-11-24-14-28)15-7-8-16-18(13-15)32-22(25-16)26-20(29)23(21(30)31)9-5-6-10-23/h7-8,11-14,17,19H,4-6,9-10H2,1-3H3,(H,30,31)(H,25,26,29). The first-order valence-corrected chi connectivity index (χ1v) is 11.8. The molecule has 32 heavy (non-hydrogen) atoms. The summed E-state index contributed by atoms with van der Waals surface area (Å²) in [4.78, 5) is 35.7. The average molecular weight is 456 g/mol. The molecule has 1 fully saturated rings. The third-order valence-electron chi connectivity index (χ3n) is 6.57. The number of thiazole rings is 1. The molecule has 0 bridgehead atoms. The van der Waals surface area contributed by atoms with Gasteiger partial charge in [-0.3, -0.25) is 9.59 Å². The summed E-state index contributed by atoms with van der Waals surface area (Å²) in [7, 11) is 4.16. The Morgan fingerprint density at radius 3 is 2.66 bits per heavy atom. The van der Waals surface area contributed by atoms with Crippen LogP contribution in [0.15, 0.2) is 36.9 Å². The van der Waals surface area contributed by atoms with Crippen molar-refractivity contribution in [2.24, 2.45) is 5.41 Å². The number of likely N-dealkylation sites (N-methyl/N-ethyl adjacent to an activating group) is 1. The lowest BCUT2D eigenvalue weighted by molar-refractivity contribution is -0.153. The zero-order valence-electron chi connectivity index (χ0n) is 18.6. The number of hydrogen-bond donors (Lipinski definition) is 2. The molecule has 0 radical (unpaired) electrons. The summed E-state index contributed by atoms with van der Waals surface area (Å²) in [6, 6.07) is 6.50. The van der Waals surface area contributed by atoms with Crippen LogP contribution in [0, 0.1) is 5.41 Å². The number of aromatic nitrogens is 3. The molecular weight excluding hydrogens is 426 g/mol. The lowest BCUT2D eigenvalue weighted by atomic mass is 9.85. The molecule has 2 N–H and O–H groups in total. The molecular formula is C23H29N5O3S. The fourth-order valence-electron chi connectivity index (χ4n) is 4.81. The Morgan fingerprint density at radius 2 is 2.06 bits per heavy atom. The van der Waals surface area contributed by atoms with Gasteiger partial charge in [0.05, 0.1) is 22.6 Å². The van der Waals surface area contributed by atoms with E-state index in [1.54, 1.807) is 6.20 Å². The van der Waals surface area contributed by atoms with E-state index in [0.29, 0.717) is 18.0 Å².